The Labute approximate surface area is 125 Å². The molecule has 0 spiro atoms. The van der Waals surface area contributed by atoms with E-state index >= 15 is 0 Å². The average molecular weight is 290 g/mol. The van der Waals surface area contributed by atoms with E-state index in [4.69, 9.17) is 4.74 Å². The number of rotatable bonds is 6. The molecule has 0 radical (unpaired) electrons. The predicted molar refractivity (Wildman–Crippen MR) is 79.5 cm³/mol. The molecular formula is C16H22N2O3. The van der Waals surface area contributed by atoms with Crippen molar-refractivity contribution in [3.05, 3.63) is 35.9 Å². The molecule has 2 N–H and O–H groups in total. The average Bonchev–Trinajstić information content (AvgIpc) is 2.36. The van der Waals surface area contributed by atoms with Crippen LogP contribution in [0.2, 0.25) is 0 Å². The van der Waals surface area contributed by atoms with Gasteiger partial charge < -0.3 is 15.4 Å². The van der Waals surface area contributed by atoms with Crippen molar-refractivity contribution < 1.29 is 14.3 Å². The molecule has 1 fully saturated rings. The van der Waals surface area contributed by atoms with E-state index in [0.717, 1.165) is 5.56 Å². The Morgan fingerprint density at radius 2 is 1.95 bits per heavy atom. The predicted octanol–water partition coefficient (Wildman–Crippen LogP) is 1.40. The molecule has 1 saturated heterocycles. The van der Waals surface area contributed by atoms with Gasteiger partial charge in [0, 0.05) is 13.1 Å². The molecule has 1 aromatic rings. The summed E-state index contributed by atoms with van der Waals surface area (Å²) in [6, 6.07) is 9.18. The molecule has 0 aromatic heterocycles. The first-order chi connectivity index (χ1) is 10.1. The molecule has 114 valence electrons. The first-order valence-corrected chi connectivity index (χ1v) is 7.31. The second-order valence-corrected chi connectivity index (χ2v) is 5.57. The molecule has 2 rings (SSSR count). The fraction of sp³-hybridized carbons (Fsp3) is 0.500. The van der Waals surface area contributed by atoms with E-state index in [1.807, 2.05) is 44.2 Å². The highest BCUT2D eigenvalue weighted by molar-refractivity contribution is 5.81. The molecule has 1 aliphatic heterocycles. The molecule has 0 saturated carbocycles. The Hall–Kier alpha value is -1.88. The van der Waals surface area contributed by atoms with Gasteiger partial charge in [-0.1, -0.05) is 30.3 Å². The molecular weight excluding hydrogens is 268 g/mol. The number of carbonyl (C=O) groups is 2. The van der Waals surface area contributed by atoms with Crippen molar-refractivity contribution in [2.45, 2.75) is 32.4 Å². The smallest absolute Gasteiger partial charge is 0.308 e. The molecule has 5 heteroatoms. The highest BCUT2D eigenvalue weighted by Gasteiger charge is 2.28. The molecule has 0 aliphatic carbocycles. The van der Waals surface area contributed by atoms with Crippen molar-refractivity contribution in [1.82, 2.24) is 10.6 Å². The molecule has 0 bridgehead atoms. The van der Waals surface area contributed by atoms with Gasteiger partial charge in [-0.2, -0.15) is 0 Å². The zero-order valence-electron chi connectivity index (χ0n) is 12.5. The van der Waals surface area contributed by atoms with E-state index in [-0.39, 0.29) is 36.4 Å². The van der Waals surface area contributed by atoms with Crippen LogP contribution in [-0.4, -0.2) is 31.1 Å². The summed E-state index contributed by atoms with van der Waals surface area (Å²) in [5, 5.41) is 6.03. The summed E-state index contributed by atoms with van der Waals surface area (Å²) < 4.78 is 5.18. The zero-order valence-corrected chi connectivity index (χ0v) is 12.5. The van der Waals surface area contributed by atoms with Gasteiger partial charge in [0.05, 0.1) is 24.5 Å². The Morgan fingerprint density at radius 3 is 2.48 bits per heavy atom. The first kappa shape index (κ1) is 15.5. The van der Waals surface area contributed by atoms with Gasteiger partial charge in [0.1, 0.15) is 0 Å². The highest BCUT2D eigenvalue weighted by atomic mass is 16.5. The third kappa shape index (κ3) is 4.56. The topological polar surface area (TPSA) is 67.4 Å². The van der Waals surface area contributed by atoms with Crippen LogP contribution in [0.3, 0.4) is 0 Å². The largest absolute Gasteiger partial charge is 0.463 e. The van der Waals surface area contributed by atoms with E-state index in [0.29, 0.717) is 13.1 Å². The Balaban J connectivity index is 2.03. The lowest BCUT2D eigenvalue weighted by Gasteiger charge is -2.28. The minimum Gasteiger partial charge on any atom is -0.463 e. The molecule has 5 nitrogen and oxygen atoms in total. The van der Waals surface area contributed by atoms with E-state index in [9.17, 15) is 9.59 Å². The molecule has 1 aliphatic rings. The van der Waals surface area contributed by atoms with Gasteiger partial charge in [0.2, 0.25) is 5.91 Å². The van der Waals surface area contributed by atoms with Crippen molar-refractivity contribution in [3.8, 4) is 0 Å². The number of hydrogen-bond acceptors (Lipinski definition) is 4. The summed E-state index contributed by atoms with van der Waals surface area (Å²) in [6.45, 7) is 5.02. The van der Waals surface area contributed by atoms with Crippen molar-refractivity contribution in [2.75, 3.05) is 13.1 Å². The summed E-state index contributed by atoms with van der Waals surface area (Å²) in [6.07, 6.45) is -0.00545. The van der Waals surface area contributed by atoms with Gasteiger partial charge >= 0.3 is 5.97 Å². The number of carbonyl (C=O) groups excluding carboxylic acids is 2. The number of esters is 1. The number of hydrogen-bond donors (Lipinski definition) is 2. The summed E-state index contributed by atoms with van der Waals surface area (Å²) in [7, 11) is 0. The van der Waals surface area contributed by atoms with Crippen molar-refractivity contribution in [3.63, 3.8) is 0 Å². The zero-order chi connectivity index (χ0) is 15.2. The minimum absolute atomic E-state index is 0.00247. The number of amides is 1. The first-order valence-electron chi connectivity index (χ1n) is 7.31. The van der Waals surface area contributed by atoms with Crippen molar-refractivity contribution >= 4 is 11.9 Å². The Kier molecular flexibility index (Phi) is 5.33. The third-order valence-corrected chi connectivity index (χ3v) is 3.41. The maximum atomic E-state index is 12.1. The SMILES string of the molecule is CC(C)OC(=O)CC(NC(=O)C1CNC1)c1ccccc1. The van der Waals surface area contributed by atoms with Crippen LogP contribution >= 0.6 is 0 Å². The van der Waals surface area contributed by atoms with Crippen LogP contribution in [0.1, 0.15) is 31.9 Å². The lowest BCUT2D eigenvalue weighted by atomic mass is 9.99. The van der Waals surface area contributed by atoms with Crippen molar-refractivity contribution in [2.24, 2.45) is 5.92 Å². The lowest BCUT2D eigenvalue weighted by molar-refractivity contribution is -0.148. The van der Waals surface area contributed by atoms with E-state index < -0.39 is 0 Å². The monoisotopic (exact) mass is 290 g/mol. The fourth-order valence-electron chi connectivity index (χ4n) is 2.18. The molecule has 21 heavy (non-hydrogen) atoms. The van der Waals surface area contributed by atoms with Crippen LogP contribution in [0.25, 0.3) is 0 Å². The van der Waals surface area contributed by atoms with Gasteiger partial charge in [0.25, 0.3) is 0 Å². The fourth-order valence-corrected chi connectivity index (χ4v) is 2.18. The Morgan fingerprint density at radius 1 is 1.29 bits per heavy atom. The maximum Gasteiger partial charge on any atom is 0.308 e. The van der Waals surface area contributed by atoms with Crippen LogP contribution < -0.4 is 10.6 Å². The highest BCUT2D eigenvalue weighted by Crippen LogP contribution is 2.19. The lowest BCUT2D eigenvalue weighted by Crippen LogP contribution is -2.51. The van der Waals surface area contributed by atoms with E-state index in [1.54, 1.807) is 0 Å². The van der Waals surface area contributed by atoms with Crippen LogP contribution in [0.4, 0.5) is 0 Å². The second kappa shape index (κ2) is 7.22. The molecule has 1 heterocycles. The molecule has 1 atom stereocenters. The number of nitrogens with one attached hydrogen (secondary N) is 2. The Bertz CT molecular complexity index is 484. The minimum atomic E-state index is -0.342. The van der Waals surface area contributed by atoms with Crippen LogP contribution in [-0.2, 0) is 14.3 Å². The standard InChI is InChI=1S/C16H22N2O3/c1-11(2)21-15(19)8-14(12-6-4-3-5-7-12)18-16(20)13-9-17-10-13/h3-7,11,13-14,17H,8-10H2,1-2H3,(H,18,20). The van der Waals surface area contributed by atoms with E-state index in [2.05, 4.69) is 10.6 Å². The van der Waals surface area contributed by atoms with Crippen LogP contribution in [0.15, 0.2) is 30.3 Å². The van der Waals surface area contributed by atoms with E-state index in [1.165, 1.54) is 0 Å². The number of benzene rings is 1. The molecule has 1 amide bonds. The van der Waals surface area contributed by atoms with Gasteiger partial charge in [-0.05, 0) is 19.4 Å². The normalized spacial score (nSPS) is 16.1. The third-order valence-electron chi connectivity index (χ3n) is 3.41. The molecule has 1 aromatic carbocycles. The summed E-state index contributed by atoms with van der Waals surface area (Å²) >= 11 is 0. The van der Waals surface area contributed by atoms with Crippen molar-refractivity contribution in [1.29, 1.82) is 0 Å². The quantitative estimate of drug-likeness (QED) is 0.777. The van der Waals surface area contributed by atoms with Gasteiger partial charge in [-0.25, -0.2) is 0 Å². The number of ether oxygens (including phenoxy) is 1. The van der Waals surface area contributed by atoms with Gasteiger partial charge in [-0.3, -0.25) is 9.59 Å². The summed E-state index contributed by atoms with van der Waals surface area (Å²) in [4.78, 5) is 24.0. The van der Waals surface area contributed by atoms with Crippen LogP contribution in [0.5, 0.6) is 0 Å². The van der Waals surface area contributed by atoms with Gasteiger partial charge in [0.15, 0.2) is 0 Å². The second-order valence-electron chi connectivity index (χ2n) is 5.57. The van der Waals surface area contributed by atoms with Gasteiger partial charge in [-0.15, -0.1) is 0 Å². The maximum absolute atomic E-state index is 12.1. The summed E-state index contributed by atoms with van der Waals surface area (Å²) in [5.74, 6) is -0.317. The summed E-state index contributed by atoms with van der Waals surface area (Å²) in [5.41, 5.74) is 0.916. The van der Waals surface area contributed by atoms with Crippen LogP contribution in [0, 0.1) is 5.92 Å². The molecule has 1 unspecified atom stereocenters.